The van der Waals surface area contributed by atoms with Gasteiger partial charge < -0.3 is 25.4 Å². The number of anilines is 2. The summed E-state index contributed by atoms with van der Waals surface area (Å²) >= 11 is 1.49. The summed E-state index contributed by atoms with van der Waals surface area (Å²) in [5.41, 5.74) is 1.54. The smallest absolute Gasteiger partial charge is 0.313 e. The Morgan fingerprint density at radius 3 is 2.50 bits per heavy atom. The number of rotatable bonds is 8. The van der Waals surface area contributed by atoms with Gasteiger partial charge in [-0.2, -0.15) is 0 Å². The zero-order valence-electron chi connectivity index (χ0n) is 14.8. The highest BCUT2D eigenvalue weighted by Gasteiger charge is 2.18. The minimum absolute atomic E-state index is 0.112. The first-order chi connectivity index (χ1) is 12.5. The van der Waals surface area contributed by atoms with E-state index in [9.17, 15) is 9.59 Å². The standard InChI is InChI=1S/C18H23N3O4S/c1-21(2)14-7-5-13(6-8-14)20-18(24)17(23)19-12-15(25-10-9-22)16-4-3-11-26-16/h3-8,11,15,22H,9-10,12H2,1-2H3,(H,19,23)(H,20,24)/t15-/m0/s1. The van der Waals surface area contributed by atoms with Crippen LogP contribution >= 0.6 is 11.3 Å². The predicted molar refractivity (Wildman–Crippen MR) is 103 cm³/mol. The molecule has 2 aromatic rings. The van der Waals surface area contributed by atoms with Crippen molar-refractivity contribution in [1.82, 2.24) is 5.32 Å². The van der Waals surface area contributed by atoms with E-state index < -0.39 is 17.9 Å². The van der Waals surface area contributed by atoms with Gasteiger partial charge in [-0.25, -0.2) is 0 Å². The average molecular weight is 377 g/mol. The number of hydrogen-bond donors (Lipinski definition) is 3. The summed E-state index contributed by atoms with van der Waals surface area (Å²) in [5, 5.41) is 16.0. The fourth-order valence-electron chi connectivity index (χ4n) is 2.21. The average Bonchev–Trinajstić information content (AvgIpc) is 3.16. The highest BCUT2D eigenvalue weighted by atomic mass is 32.1. The van der Waals surface area contributed by atoms with Crippen molar-refractivity contribution < 1.29 is 19.4 Å². The highest BCUT2D eigenvalue weighted by molar-refractivity contribution is 7.10. The van der Waals surface area contributed by atoms with Gasteiger partial charge in [0, 0.05) is 36.9 Å². The summed E-state index contributed by atoms with van der Waals surface area (Å²) in [6.45, 7) is 0.189. The Morgan fingerprint density at radius 2 is 1.92 bits per heavy atom. The minimum Gasteiger partial charge on any atom is -0.394 e. The summed E-state index contributed by atoms with van der Waals surface area (Å²) < 4.78 is 5.53. The molecule has 7 nitrogen and oxygen atoms in total. The molecule has 140 valence electrons. The van der Waals surface area contributed by atoms with E-state index in [1.807, 2.05) is 48.6 Å². The van der Waals surface area contributed by atoms with E-state index >= 15 is 0 Å². The van der Waals surface area contributed by atoms with Gasteiger partial charge in [0.2, 0.25) is 0 Å². The molecule has 8 heteroatoms. The van der Waals surface area contributed by atoms with Crippen molar-refractivity contribution in [3.05, 3.63) is 46.7 Å². The van der Waals surface area contributed by atoms with Gasteiger partial charge >= 0.3 is 11.8 Å². The van der Waals surface area contributed by atoms with E-state index in [-0.39, 0.29) is 19.8 Å². The van der Waals surface area contributed by atoms with Crippen molar-refractivity contribution in [3.63, 3.8) is 0 Å². The third kappa shape index (κ3) is 5.83. The molecule has 3 N–H and O–H groups in total. The van der Waals surface area contributed by atoms with Crippen molar-refractivity contribution in [2.24, 2.45) is 0 Å². The predicted octanol–water partition coefficient (Wildman–Crippen LogP) is 1.62. The van der Waals surface area contributed by atoms with E-state index in [4.69, 9.17) is 9.84 Å². The van der Waals surface area contributed by atoms with Crippen LogP contribution in [0.5, 0.6) is 0 Å². The number of nitrogens with zero attached hydrogens (tertiary/aromatic N) is 1. The molecule has 0 aliphatic rings. The SMILES string of the molecule is CN(C)c1ccc(NC(=O)C(=O)NC[C@H](OCCO)c2cccs2)cc1. The Morgan fingerprint density at radius 1 is 1.19 bits per heavy atom. The summed E-state index contributed by atoms with van der Waals surface area (Å²) in [4.78, 5) is 26.9. The molecule has 0 aliphatic heterocycles. The van der Waals surface area contributed by atoms with E-state index in [1.54, 1.807) is 12.1 Å². The topological polar surface area (TPSA) is 90.9 Å². The van der Waals surface area contributed by atoms with Crippen molar-refractivity contribution in [3.8, 4) is 0 Å². The Kier molecular flexibility index (Phi) is 7.58. The second-order valence-electron chi connectivity index (χ2n) is 5.70. The van der Waals surface area contributed by atoms with Gasteiger partial charge in [0.1, 0.15) is 6.10 Å². The van der Waals surface area contributed by atoms with Crippen LogP contribution < -0.4 is 15.5 Å². The van der Waals surface area contributed by atoms with Crippen LogP contribution in [0, 0.1) is 0 Å². The highest BCUT2D eigenvalue weighted by Crippen LogP contribution is 2.21. The van der Waals surface area contributed by atoms with E-state index in [2.05, 4.69) is 10.6 Å². The van der Waals surface area contributed by atoms with Crippen LogP contribution in [-0.2, 0) is 14.3 Å². The number of carbonyl (C=O) groups is 2. The number of benzene rings is 1. The maximum absolute atomic E-state index is 12.0. The molecule has 26 heavy (non-hydrogen) atoms. The molecule has 1 atom stereocenters. The number of ether oxygens (including phenoxy) is 1. The zero-order valence-corrected chi connectivity index (χ0v) is 15.6. The Hall–Kier alpha value is -2.42. The molecule has 1 heterocycles. The van der Waals surface area contributed by atoms with Gasteiger partial charge in [-0.1, -0.05) is 6.07 Å². The quantitative estimate of drug-likeness (QED) is 0.608. The van der Waals surface area contributed by atoms with Gasteiger partial charge in [-0.3, -0.25) is 9.59 Å². The molecule has 1 aromatic heterocycles. The minimum atomic E-state index is -0.741. The monoisotopic (exact) mass is 377 g/mol. The molecule has 2 amide bonds. The van der Waals surface area contributed by atoms with Crippen molar-refractivity contribution >= 4 is 34.5 Å². The number of nitrogens with one attached hydrogen (secondary N) is 2. The lowest BCUT2D eigenvalue weighted by Gasteiger charge is -2.17. The summed E-state index contributed by atoms with van der Waals surface area (Å²) in [7, 11) is 3.84. The lowest BCUT2D eigenvalue weighted by atomic mass is 10.2. The first-order valence-electron chi connectivity index (χ1n) is 8.13. The van der Waals surface area contributed by atoms with E-state index in [0.717, 1.165) is 10.6 Å². The summed E-state index contributed by atoms with van der Waals surface area (Å²) in [6.07, 6.45) is -0.404. The number of amides is 2. The number of aliphatic hydroxyl groups excluding tert-OH is 1. The molecule has 0 aliphatic carbocycles. The summed E-state index contributed by atoms with van der Waals surface area (Å²) in [6, 6.07) is 10.9. The van der Waals surface area contributed by atoms with E-state index in [1.165, 1.54) is 11.3 Å². The molecule has 2 rings (SSSR count). The first kappa shape index (κ1) is 19.9. The summed E-state index contributed by atoms with van der Waals surface area (Å²) in [5.74, 6) is -1.48. The van der Waals surface area contributed by atoms with Gasteiger partial charge in [-0.15, -0.1) is 11.3 Å². The third-order valence-electron chi connectivity index (χ3n) is 3.57. The van der Waals surface area contributed by atoms with Crippen LogP contribution in [0.3, 0.4) is 0 Å². The fraction of sp³-hybridized carbons (Fsp3) is 0.333. The molecule has 0 radical (unpaired) electrons. The Balaban J connectivity index is 1.88. The van der Waals surface area contributed by atoms with Gasteiger partial charge in [-0.05, 0) is 35.7 Å². The molecular formula is C18H23N3O4S. The van der Waals surface area contributed by atoms with Gasteiger partial charge in [0.05, 0.1) is 13.2 Å². The zero-order chi connectivity index (χ0) is 18.9. The largest absolute Gasteiger partial charge is 0.394 e. The molecular weight excluding hydrogens is 354 g/mol. The maximum atomic E-state index is 12.0. The van der Waals surface area contributed by atoms with Crippen LogP contribution in [-0.4, -0.2) is 50.8 Å². The molecule has 0 saturated heterocycles. The normalized spacial score (nSPS) is 11.7. The number of aliphatic hydroxyl groups is 1. The second-order valence-corrected chi connectivity index (χ2v) is 6.68. The lowest BCUT2D eigenvalue weighted by Crippen LogP contribution is -2.38. The molecule has 1 aromatic carbocycles. The Bertz CT molecular complexity index is 702. The lowest BCUT2D eigenvalue weighted by molar-refractivity contribution is -0.136. The van der Waals surface area contributed by atoms with Crippen LogP contribution in [0.25, 0.3) is 0 Å². The van der Waals surface area contributed by atoms with Crippen molar-refractivity contribution in [1.29, 1.82) is 0 Å². The second kappa shape index (κ2) is 9.91. The third-order valence-corrected chi connectivity index (χ3v) is 4.53. The van der Waals surface area contributed by atoms with Gasteiger partial charge in [0.15, 0.2) is 0 Å². The van der Waals surface area contributed by atoms with Crippen LogP contribution in [0.15, 0.2) is 41.8 Å². The van der Waals surface area contributed by atoms with Crippen LogP contribution in [0.4, 0.5) is 11.4 Å². The molecule has 0 spiro atoms. The number of thiophene rings is 1. The molecule has 0 bridgehead atoms. The number of carbonyl (C=O) groups excluding carboxylic acids is 2. The van der Waals surface area contributed by atoms with Crippen molar-refractivity contribution in [2.75, 3.05) is 44.1 Å². The molecule has 0 saturated carbocycles. The van der Waals surface area contributed by atoms with Crippen LogP contribution in [0.1, 0.15) is 11.0 Å². The number of hydrogen-bond acceptors (Lipinski definition) is 6. The maximum Gasteiger partial charge on any atom is 0.313 e. The Labute approximate surface area is 156 Å². The van der Waals surface area contributed by atoms with Gasteiger partial charge in [0.25, 0.3) is 0 Å². The molecule has 0 fully saturated rings. The fourth-order valence-corrected chi connectivity index (χ4v) is 2.98. The molecule has 0 unspecified atom stereocenters. The van der Waals surface area contributed by atoms with Crippen molar-refractivity contribution in [2.45, 2.75) is 6.10 Å². The first-order valence-corrected chi connectivity index (χ1v) is 9.01. The van der Waals surface area contributed by atoms with Crippen LogP contribution in [0.2, 0.25) is 0 Å². The van der Waals surface area contributed by atoms with E-state index in [0.29, 0.717) is 5.69 Å².